The van der Waals surface area contributed by atoms with Gasteiger partial charge in [0.15, 0.2) is 0 Å². The van der Waals surface area contributed by atoms with Crippen molar-refractivity contribution < 1.29 is 0 Å². The molecule has 438 valence electrons. The van der Waals surface area contributed by atoms with Crippen molar-refractivity contribution in [1.82, 2.24) is 30.7 Å². The van der Waals surface area contributed by atoms with E-state index in [1.54, 1.807) is 66.9 Å². The Kier molecular flexibility index (Phi) is 34.6. The third-order valence-electron chi connectivity index (χ3n) is 17.0. The number of nitrogens with one attached hydrogen (secondary N) is 3. The maximum absolute atomic E-state index is 3.51. The van der Waals surface area contributed by atoms with Crippen molar-refractivity contribution in [2.75, 3.05) is 99.7 Å². The second-order valence-electron chi connectivity index (χ2n) is 27.5. The lowest BCUT2D eigenvalue weighted by Gasteiger charge is -2.31. The Bertz CT molecular complexity index is 1730. The van der Waals surface area contributed by atoms with Crippen LogP contribution in [0.4, 0.5) is 0 Å². The van der Waals surface area contributed by atoms with E-state index in [0.29, 0.717) is 11.8 Å². The second-order valence-corrected chi connectivity index (χ2v) is 27.5. The molecule has 0 amide bonds. The maximum atomic E-state index is 3.51. The molecule has 75 heavy (non-hydrogen) atoms. The van der Waals surface area contributed by atoms with Gasteiger partial charge in [0.1, 0.15) is 0 Å². The average Bonchev–Trinajstić information content (AvgIpc) is 3.84. The van der Waals surface area contributed by atoms with Gasteiger partial charge in [-0.05, 0) is 150 Å². The summed E-state index contributed by atoms with van der Waals surface area (Å²) in [5.74, 6) is 8.72. The van der Waals surface area contributed by atoms with Gasteiger partial charge in [0, 0.05) is 58.9 Å². The van der Waals surface area contributed by atoms with Crippen LogP contribution in [0.25, 0.3) is 0 Å². The van der Waals surface area contributed by atoms with Gasteiger partial charge in [-0.15, -0.1) is 0 Å². The van der Waals surface area contributed by atoms with Gasteiger partial charge in [-0.2, -0.15) is 0 Å². The zero-order chi connectivity index (χ0) is 57.4. The summed E-state index contributed by atoms with van der Waals surface area (Å²) in [6.45, 7) is 69.5. The Morgan fingerprint density at radius 1 is 0.240 bits per heavy atom. The monoisotopic (exact) mass is 1050 g/mol. The van der Waals surface area contributed by atoms with E-state index in [1.807, 2.05) is 0 Å². The topological polar surface area (TPSA) is 45.8 Å². The zero-order valence-electron chi connectivity index (χ0n) is 55.5. The zero-order valence-corrected chi connectivity index (χ0v) is 55.5. The predicted octanol–water partition coefficient (Wildman–Crippen LogP) is 16.6. The third-order valence-corrected chi connectivity index (χ3v) is 17.0. The van der Waals surface area contributed by atoms with Gasteiger partial charge in [-0.25, -0.2) is 0 Å². The van der Waals surface area contributed by atoms with Crippen LogP contribution in [0, 0.1) is 71.0 Å². The van der Waals surface area contributed by atoms with E-state index < -0.39 is 0 Å². The molecule has 0 radical (unpaired) electrons. The van der Waals surface area contributed by atoms with Crippen LogP contribution < -0.4 is 16.0 Å². The van der Waals surface area contributed by atoms with Gasteiger partial charge >= 0.3 is 0 Å². The molecule has 0 fully saturated rings. The van der Waals surface area contributed by atoms with Gasteiger partial charge in [0.05, 0.1) is 0 Å². The molecule has 0 saturated heterocycles. The lowest BCUT2D eigenvalue weighted by Crippen LogP contribution is -2.30. The second kappa shape index (κ2) is 36.5. The van der Waals surface area contributed by atoms with Crippen molar-refractivity contribution in [3.63, 3.8) is 0 Å². The number of rotatable bonds is 12. The van der Waals surface area contributed by atoms with Crippen molar-refractivity contribution in [3.8, 4) is 0 Å². The van der Waals surface area contributed by atoms with Crippen LogP contribution in [0.5, 0.6) is 0 Å². The van der Waals surface area contributed by atoms with E-state index in [-0.39, 0.29) is 0 Å². The van der Waals surface area contributed by atoms with Gasteiger partial charge in [0.25, 0.3) is 0 Å². The minimum atomic E-state index is 0.711. The smallest absolute Gasteiger partial charge is 0.0199 e. The van der Waals surface area contributed by atoms with Crippen molar-refractivity contribution in [1.29, 1.82) is 0 Å². The molecule has 6 heteroatoms. The predicted molar refractivity (Wildman–Crippen MR) is 339 cm³/mol. The molecule has 0 aromatic carbocycles. The highest BCUT2D eigenvalue weighted by molar-refractivity contribution is 5.27. The lowest BCUT2D eigenvalue weighted by atomic mass is 9.86. The molecule has 6 heterocycles. The molecule has 0 aliphatic carbocycles. The lowest BCUT2D eigenvalue weighted by molar-refractivity contribution is 0.325. The first-order valence-electron chi connectivity index (χ1n) is 31.4. The summed E-state index contributed by atoms with van der Waals surface area (Å²) in [7, 11) is 6.67. The molecule has 0 aromatic heterocycles. The van der Waals surface area contributed by atoms with Crippen molar-refractivity contribution in [3.05, 3.63) is 66.9 Å². The number of hydrogen-bond donors (Lipinski definition) is 3. The van der Waals surface area contributed by atoms with Crippen molar-refractivity contribution >= 4 is 0 Å². The quantitative estimate of drug-likeness (QED) is 0.169. The first-order chi connectivity index (χ1) is 34.9. The van der Waals surface area contributed by atoms with Crippen LogP contribution in [-0.2, 0) is 0 Å². The number of allylic oxidation sites excluding steroid dienone is 2. The molecule has 0 saturated carbocycles. The molecular formula is C69H132N6. The molecule has 0 aromatic rings. The fourth-order valence-corrected chi connectivity index (χ4v) is 12.3. The third kappa shape index (κ3) is 25.5. The number of likely N-dealkylation sites (N-methyl/N-ethyl adjacent to an activating group) is 3. The van der Waals surface area contributed by atoms with E-state index in [1.165, 1.54) is 90.9 Å². The fourth-order valence-electron chi connectivity index (χ4n) is 12.3. The summed E-state index contributed by atoms with van der Waals surface area (Å²) in [4.78, 5) is 7.30. The molecule has 3 N–H and O–H groups in total. The molecule has 6 rings (SSSR count). The molecule has 6 aliphatic rings. The first kappa shape index (κ1) is 71.2. The van der Waals surface area contributed by atoms with Crippen LogP contribution >= 0.6 is 0 Å². The van der Waals surface area contributed by atoms with Crippen molar-refractivity contribution in [2.45, 2.75) is 205 Å². The SMILES string of the molecule is CC(C)C1=C(C(C)C)CN(C)C1.CC(C)C1=C(C(C)C)CN(C)CC1.CC(C)C1=C(C(C)C)CN(C)CCC1.CC(C)C1=C(C(C)C)CNC1.CC(C)C1=C(C(C)C)CNCC1.CC(C)C1=C(C(C)C)CNCCC1. The highest BCUT2D eigenvalue weighted by Gasteiger charge is 2.24. The number of hydrogen-bond acceptors (Lipinski definition) is 6. The first-order valence-corrected chi connectivity index (χ1v) is 31.4. The normalized spacial score (nSPS) is 20.0. The Balaban J connectivity index is 0.000000451. The highest BCUT2D eigenvalue weighted by atomic mass is 15.1. The van der Waals surface area contributed by atoms with E-state index in [9.17, 15) is 0 Å². The molecule has 0 bridgehead atoms. The summed E-state index contributed by atoms with van der Waals surface area (Å²) in [5, 5.41) is 10.4. The summed E-state index contributed by atoms with van der Waals surface area (Å²) < 4.78 is 0. The van der Waals surface area contributed by atoms with Gasteiger partial charge < -0.3 is 25.8 Å². The van der Waals surface area contributed by atoms with Gasteiger partial charge in [-0.1, -0.05) is 233 Å². The fraction of sp³-hybridized carbons (Fsp3) is 0.826. The van der Waals surface area contributed by atoms with Crippen LogP contribution in [0.2, 0.25) is 0 Å². The molecule has 0 unspecified atom stereocenters. The summed E-state index contributed by atoms with van der Waals surface area (Å²) in [5.41, 5.74) is 20.2. The highest BCUT2D eigenvalue weighted by Crippen LogP contribution is 2.32. The Labute approximate surface area is 470 Å². The van der Waals surface area contributed by atoms with Crippen LogP contribution in [0.1, 0.15) is 205 Å². The largest absolute Gasteiger partial charge is 0.313 e. The van der Waals surface area contributed by atoms with Crippen molar-refractivity contribution in [2.24, 2.45) is 71.0 Å². The van der Waals surface area contributed by atoms with Crippen LogP contribution in [0.15, 0.2) is 66.9 Å². The summed E-state index contributed by atoms with van der Waals surface area (Å²) in [6.07, 6.45) is 7.80. The van der Waals surface area contributed by atoms with Gasteiger partial charge in [-0.3, -0.25) is 4.90 Å². The number of nitrogens with zero attached hydrogens (tertiary/aromatic N) is 3. The minimum absolute atomic E-state index is 0.711. The molecule has 0 spiro atoms. The summed E-state index contributed by atoms with van der Waals surface area (Å²) >= 11 is 0. The Hall–Kier alpha value is -1.80. The van der Waals surface area contributed by atoms with Crippen LogP contribution in [0.3, 0.4) is 0 Å². The standard InChI is InChI=1S/C13H25N.2C12H23N.2C11H21N.C10H19N/c1-10(2)12-7-6-8-14(5)9-13(12)11(3)4;1-9(2)11-6-7-13(5)8-12(11)10(3)4;1-9(2)11-6-5-7-13-8-12(11)10(3)4;1-8(2)10-6-12(5)7-11(10)9(3)4;1-8(2)10-5-6-12-7-11(10)9(3)4;1-7(2)9-5-11-6-10(9)8(3)4/h10-11H,6-9H2,1-5H3;9-10H,6-8H2,1-5H3;9-10,13H,5-8H2,1-4H3;8-9H,6-7H2,1-5H3;8-9,12H,5-7H2,1-4H3;7-8,11H,5-6H2,1-4H3. The molecular weight excluding hydrogens is 913 g/mol. The molecule has 6 aliphatic heterocycles. The van der Waals surface area contributed by atoms with E-state index in [4.69, 9.17) is 0 Å². The molecule has 6 nitrogen and oxygen atoms in total. The minimum Gasteiger partial charge on any atom is -0.313 e. The summed E-state index contributed by atoms with van der Waals surface area (Å²) in [6, 6.07) is 0. The Morgan fingerprint density at radius 3 is 0.853 bits per heavy atom. The Morgan fingerprint density at radius 2 is 0.493 bits per heavy atom. The maximum Gasteiger partial charge on any atom is 0.0199 e. The van der Waals surface area contributed by atoms with E-state index in [0.717, 1.165) is 85.4 Å². The van der Waals surface area contributed by atoms with Gasteiger partial charge in [0.2, 0.25) is 0 Å². The molecule has 0 atom stereocenters. The average molecular weight is 1050 g/mol. The van der Waals surface area contributed by atoms with Crippen LogP contribution in [-0.4, -0.2) is 114 Å². The van der Waals surface area contributed by atoms with E-state index >= 15 is 0 Å². The van der Waals surface area contributed by atoms with E-state index in [2.05, 4.69) is 218 Å².